The number of methoxy groups -OCH3 is 1. The summed E-state index contributed by atoms with van der Waals surface area (Å²) in [6, 6.07) is 1.49. The Balaban J connectivity index is 2.29. The highest BCUT2D eigenvalue weighted by atomic mass is 19.1. The Hall–Kier alpha value is -2.26. The van der Waals surface area contributed by atoms with E-state index in [0.717, 1.165) is 12.1 Å². The van der Waals surface area contributed by atoms with Crippen LogP contribution < -0.4 is 9.64 Å². The Morgan fingerprint density at radius 1 is 1.46 bits per heavy atom. The molecule has 1 saturated heterocycles. The molecule has 0 bridgehead atoms. The zero-order chi connectivity index (χ0) is 17.9. The van der Waals surface area contributed by atoms with E-state index in [0.29, 0.717) is 26.3 Å². The molecule has 0 spiro atoms. The van der Waals surface area contributed by atoms with Gasteiger partial charge in [-0.2, -0.15) is 4.39 Å². The largest absolute Gasteiger partial charge is 0.494 e. The molecule has 2 rings (SSSR count). The number of likely N-dealkylation sites (N-methyl/N-ethyl adjacent to an activating group) is 1. The van der Waals surface area contributed by atoms with Crippen LogP contribution in [-0.4, -0.2) is 62.2 Å². The first kappa shape index (κ1) is 18.1. The molecule has 24 heavy (non-hydrogen) atoms. The molecule has 1 aliphatic heterocycles. The van der Waals surface area contributed by atoms with Crippen molar-refractivity contribution in [2.45, 2.75) is 13.0 Å². The van der Waals surface area contributed by atoms with E-state index in [4.69, 9.17) is 9.47 Å². The van der Waals surface area contributed by atoms with Crippen molar-refractivity contribution in [3.8, 4) is 5.75 Å². The smallest absolute Gasteiger partial charge is 0.307 e. The SMILES string of the molecule is COc1cc(F)c([N+](=O)[O-])cc1N(C)C(=O)C(C)N1CCOCC1. The molecule has 0 aliphatic carbocycles. The zero-order valence-electron chi connectivity index (χ0n) is 13.8. The second-order valence-corrected chi connectivity index (χ2v) is 5.45. The van der Waals surface area contributed by atoms with Crippen molar-refractivity contribution in [3.05, 3.63) is 28.1 Å². The number of halogens is 1. The fourth-order valence-corrected chi connectivity index (χ4v) is 2.62. The van der Waals surface area contributed by atoms with E-state index in [9.17, 15) is 19.3 Å². The standard InChI is InChI=1S/C15H20FN3O5/c1-10(18-4-6-24-7-5-18)15(20)17(2)13-9-12(19(21)22)11(16)8-14(13)23-3/h8-10H,4-7H2,1-3H3. The third kappa shape index (κ3) is 3.62. The van der Waals surface area contributed by atoms with Gasteiger partial charge in [-0.25, -0.2) is 0 Å². The lowest BCUT2D eigenvalue weighted by Crippen LogP contribution is -2.50. The molecule has 1 unspecified atom stereocenters. The van der Waals surface area contributed by atoms with Crippen LogP contribution in [0, 0.1) is 15.9 Å². The van der Waals surface area contributed by atoms with Crippen LogP contribution in [0.3, 0.4) is 0 Å². The van der Waals surface area contributed by atoms with Crippen LogP contribution in [-0.2, 0) is 9.53 Å². The van der Waals surface area contributed by atoms with Crippen molar-refractivity contribution in [1.29, 1.82) is 0 Å². The summed E-state index contributed by atoms with van der Waals surface area (Å²) in [7, 11) is 2.80. The second-order valence-electron chi connectivity index (χ2n) is 5.45. The lowest BCUT2D eigenvalue weighted by Gasteiger charge is -2.33. The third-order valence-electron chi connectivity index (χ3n) is 4.09. The molecular weight excluding hydrogens is 321 g/mol. The van der Waals surface area contributed by atoms with Crippen LogP contribution in [0.2, 0.25) is 0 Å². The van der Waals surface area contributed by atoms with Gasteiger partial charge in [-0.1, -0.05) is 0 Å². The second kappa shape index (κ2) is 7.54. The fraction of sp³-hybridized carbons (Fsp3) is 0.533. The highest BCUT2D eigenvalue weighted by Gasteiger charge is 2.29. The Morgan fingerprint density at radius 2 is 2.08 bits per heavy atom. The number of carbonyl (C=O) groups excluding carboxylic acids is 1. The van der Waals surface area contributed by atoms with Crippen molar-refractivity contribution >= 4 is 17.3 Å². The van der Waals surface area contributed by atoms with E-state index in [1.165, 1.54) is 19.1 Å². The Morgan fingerprint density at radius 3 is 2.62 bits per heavy atom. The number of nitro benzene ring substituents is 1. The van der Waals surface area contributed by atoms with Gasteiger partial charge >= 0.3 is 5.69 Å². The molecule has 1 aliphatic rings. The first-order valence-corrected chi connectivity index (χ1v) is 7.48. The molecule has 0 saturated carbocycles. The fourth-order valence-electron chi connectivity index (χ4n) is 2.62. The minimum Gasteiger partial charge on any atom is -0.494 e. The van der Waals surface area contributed by atoms with Gasteiger partial charge in [0.1, 0.15) is 5.75 Å². The van der Waals surface area contributed by atoms with Crippen LogP contribution in [0.1, 0.15) is 6.92 Å². The van der Waals surface area contributed by atoms with Gasteiger partial charge in [0.25, 0.3) is 0 Å². The maximum Gasteiger partial charge on any atom is 0.307 e. The molecular formula is C15H20FN3O5. The number of ether oxygens (including phenoxy) is 2. The molecule has 8 nitrogen and oxygen atoms in total. The number of anilines is 1. The summed E-state index contributed by atoms with van der Waals surface area (Å²) in [5.41, 5.74) is -0.555. The number of nitro groups is 1. The molecule has 1 amide bonds. The van der Waals surface area contributed by atoms with Crippen LogP contribution >= 0.6 is 0 Å². The first-order valence-electron chi connectivity index (χ1n) is 7.48. The molecule has 1 aromatic carbocycles. The summed E-state index contributed by atoms with van der Waals surface area (Å²) in [5, 5.41) is 10.9. The van der Waals surface area contributed by atoms with Gasteiger partial charge in [-0.15, -0.1) is 0 Å². The van der Waals surface area contributed by atoms with Crippen LogP contribution in [0.4, 0.5) is 15.8 Å². The monoisotopic (exact) mass is 341 g/mol. The lowest BCUT2D eigenvalue weighted by molar-refractivity contribution is -0.387. The lowest BCUT2D eigenvalue weighted by atomic mass is 10.2. The Kier molecular flexibility index (Phi) is 5.68. The number of amides is 1. The van der Waals surface area contributed by atoms with Crippen molar-refractivity contribution in [3.63, 3.8) is 0 Å². The summed E-state index contributed by atoms with van der Waals surface area (Å²) in [4.78, 5) is 26.0. The maximum atomic E-state index is 13.7. The summed E-state index contributed by atoms with van der Waals surface area (Å²) in [6.45, 7) is 4.11. The van der Waals surface area contributed by atoms with Crippen molar-refractivity contribution in [2.75, 3.05) is 45.4 Å². The van der Waals surface area contributed by atoms with E-state index in [-0.39, 0.29) is 17.3 Å². The van der Waals surface area contributed by atoms with Gasteiger partial charge in [-0.05, 0) is 6.92 Å². The molecule has 0 N–H and O–H groups in total. The van der Waals surface area contributed by atoms with Gasteiger partial charge in [0.2, 0.25) is 11.7 Å². The summed E-state index contributed by atoms with van der Waals surface area (Å²) in [6.07, 6.45) is 0. The first-order chi connectivity index (χ1) is 11.4. The minimum atomic E-state index is -1.01. The average molecular weight is 341 g/mol. The topological polar surface area (TPSA) is 85.2 Å². The summed E-state index contributed by atoms with van der Waals surface area (Å²) in [5.74, 6) is -1.22. The number of benzene rings is 1. The van der Waals surface area contributed by atoms with Gasteiger partial charge in [0.15, 0.2) is 0 Å². The molecule has 1 atom stereocenters. The summed E-state index contributed by atoms with van der Waals surface area (Å²) < 4.78 is 24.1. The Bertz CT molecular complexity index is 634. The van der Waals surface area contributed by atoms with E-state index in [1.54, 1.807) is 6.92 Å². The number of hydrogen-bond donors (Lipinski definition) is 0. The van der Waals surface area contributed by atoms with Gasteiger partial charge in [0.05, 0.1) is 37.0 Å². The predicted molar refractivity (Wildman–Crippen MR) is 84.9 cm³/mol. The van der Waals surface area contributed by atoms with Crippen LogP contribution in [0.15, 0.2) is 12.1 Å². The van der Waals surface area contributed by atoms with Crippen molar-refractivity contribution in [2.24, 2.45) is 0 Å². The highest BCUT2D eigenvalue weighted by molar-refractivity contribution is 5.98. The molecule has 0 radical (unpaired) electrons. The molecule has 1 aromatic rings. The number of hydrogen-bond acceptors (Lipinski definition) is 6. The number of carbonyl (C=O) groups is 1. The molecule has 9 heteroatoms. The number of rotatable bonds is 5. The van der Waals surface area contributed by atoms with E-state index >= 15 is 0 Å². The van der Waals surface area contributed by atoms with E-state index in [2.05, 4.69) is 0 Å². The number of nitrogens with zero attached hydrogens (tertiary/aromatic N) is 3. The Labute approximate surface area is 138 Å². The quantitative estimate of drug-likeness (QED) is 0.595. The van der Waals surface area contributed by atoms with Crippen molar-refractivity contribution in [1.82, 2.24) is 4.90 Å². The molecule has 1 fully saturated rings. The van der Waals surface area contributed by atoms with Gasteiger partial charge in [-0.3, -0.25) is 19.8 Å². The minimum absolute atomic E-state index is 0.0585. The van der Waals surface area contributed by atoms with Crippen LogP contribution in [0.5, 0.6) is 5.75 Å². The average Bonchev–Trinajstić information content (AvgIpc) is 2.59. The van der Waals surface area contributed by atoms with E-state index in [1.807, 2.05) is 4.90 Å². The molecule has 132 valence electrons. The molecule has 0 aromatic heterocycles. The highest BCUT2D eigenvalue weighted by Crippen LogP contribution is 2.34. The van der Waals surface area contributed by atoms with Gasteiger partial charge in [0, 0.05) is 32.3 Å². The zero-order valence-corrected chi connectivity index (χ0v) is 13.8. The maximum absolute atomic E-state index is 13.7. The summed E-state index contributed by atoms with van der Waals surface area (Å²) >= 11 is 0. The van der Waals surface area contributed by atoms with E-state index < -0.39 is 22.5 Å². The van der Waals surface area contributed by atoms with Crippen molar-refractivity contribution < 1.29 is 23.6 Å². The normalized spacial score (nSPS) is 16.5. The predicted octanol–water partition coefficient (Wildman–Crippen LogP) is 1.43. The third-order valence-corrected chi connectivity index (χ3v) is 4.09. The number of morpholine rings is 1. The van der Waals surface area contributed by atoms with Crippen LogP contribution in [0.25, 0.3) is 0 Å². The van der Waals surface area contributed by atoms with Gasteiger partial charge < -0.3 is 14.4 Å². The molecule has 1 heterocycles.